The normalized spacial score (nSPS) is 21.7. The maximum absolute atomic E-state index is 11.7. The summed E-state index contributed by atoms with van der Waals surface area (Å²) >= 11 is 5.91. The van der Waals surface area contributed by atoms with Gasteiger partial charge in [0.25, 0.3) is 0 Å². The predicted molar refractivity (Wildman–Crippen MR) is 62.1 cm³/mol. The molecule has 0 spiro atoms. The Morgan fingerprint density at radius 1 is 1.33 bits per heavy atom. The van der Waals surface area contributed by atoms with Crippen LogP contribution in [0.2, 0.25) is 5.02 Å². The van der Waals surface area contributed by atoms with Gasteiger partial charge in [-0.2, -0.15) is 0 Å². The molecule has 0 radical (unpaired) electrons. The number of ketones is 1. The molecule has 1 atom stereocenters. The maximum atomic E-state index is 11.7. The summed E-state index contributed by atoms with van der Waals surface area (Å²) in [6, 6.07) is 7.83. The Kier molecular flexibility index (Phi) is 3.42. The van der Waals surface area contributed by atoms with Gasteiger partial charge in [0, 0.05) is 17.4 Å². The SMILES string of the molecule is O=C1CCCC[C@H]1Cc1cccc(Cl)c1. The molecule has 15 heavy (non-hydrogen) atoms. The van der Waals surface area contributed by atoms with E-state index in [1.165, 1.54) is 12.0 Å². The summed E-state index contributed by atoms with van der Waals surface area (Å²) in [6.45, 7) is 0. The largest absolute Gasteiger partial charge is 0.299 e. The molecule has 0 amide bonds. The van der Waals surface area contributed by atoms with Crippen LogP contribution in [0.4, 0.5) is 0 Å². The van der Waals surface area contributed by atoms with Crippen molar-refractivity contribution in [3.05, 3.63) is 34.9 Å². The van der Waals surface area contributed by atoms with Crippen LogP contribution in [-0.2, 0) is 11.2 Å². The standard InChI is InChI=1S/C13H15ClO/c14-12-6-3-4-10(9-12)8-11-5-1-2-7-13(11)15/h3-4,6,9,11H,1-2,5,7-8H2/t11-/m0/s1. The number of hydrogen-bond donors (Lipinski definition) is 0. The van der Waals surface area contributed by atoms with Crippen LogP contribution in [0, 0.1) is 5.92 Å². The number of carbonyl (C=O) groups is 1. The highest BCUT2D eigenvalue weighted by Crippen LogP contribution is 2.24. The van der Waals surface area contributed by atoms with E-state index in [-0.39, 0.29) is 5.92 Å². The van der Waals surface area contributed by atoms with E-state index in [1.807, 2.05) is 24.3 Å². The second kappa shape index (κ2) is 4.80. The quantitative estimate of drug-likeness (QED) is 0.747. The molecule has 1 aliphatic carbocycles. The van der Waals surface area contributed by atoms with Crippen LogP contribution in [-0.4, -0.2) is 5.78 Å². The summed E-state index contributed by atoms with van der Waals surface area (Å²) < 4.78 is 0. The molecule has 0 aromatic heterocycles. The molecule has 0 heterocycles. The fourth-order valence-electron chi connectivity index (χ4n) is 2.22. The average molecular weight is 223 g/mol. The summed E-state index contributed by atoms with van der Waals surface area (Å²) in [7, 11) is 0. The van der Waals surface area contributed by atoms with Crippen molar-refractivity contribution in [3.8, 4) is 0 Å². The van der Waals surface area contributed by atoms with Gasteiger partial charge in [0.05, 0.1) is 0 Å². The lowest BCUT2D eigenvalue weighted by atomic mass is 9.84. The van der Waals surface area contributed by atoms with Gasteiger partial charge in [0.1, 0.15) is 5.78 Å². The fourth-order valence-corrected chi connectivity index (χ4v) is 2.43. The number of rotatable bonds is 2. The molecule has 0 aliphatic heterocycles. The van der Waals surface area contributed by atoms with E-state index in [0.717, 1.165) is 30.7 Å². The van der Waals surface area contributed by atoms with Gasteiger partial charge in [-0.1, -0.05) is 30.2 Å². The molecule has 1 aromatic carbocycles. The van der Waals surface area contributed by atoms with Gasteiger partial charge in [0.15, 0.2) is 0 Å². The van der Waals surface area contributed by atoms with E-state index in [0.29, 0.717) is 5.78 Å². The van der Waals surface area contributed by atoms with Crippen molar-refractivity contribution in [3.63, 3.8) is 0 Å². The molecule has 1 aromatic rings. The summed E-state index contributed by atoms with van der Waals surface area (Å²) in [5.74, 6) is 0.665. The molecule has 1 aliphatic rings. The van der Waals surface area contributed by atoms with Gasteiger partial charge in [-0.05, 0) is 37.0 Å². The minimum absolute atomic E-state index is 0.234. The second-order valence-electron chi connectivity index (χ2n) is 4.24. The second-order valence-corrected chi connectivity index (χ2v) is 4.68. The molecular formula is C13H15ClO. The predicted octanol–water partition coefficient (Wildman–Crippen LogP) is 3.64. The molecule has 1 fully saturated rings. The monoisotopic (exact) mass is 222 g/mol. The van der Waals surface area contributed by atoms with Crippen LogP contribution in [0.25, 0.3) is 0 Å². The minimum Gasteiger partial charge on any atom is -0.299 e. The topological polar surface area (TPSA) is 17.1 Å². The van der Waals surface area contributed by atoms with Crippen LogP contribution < -0.4 is 0 Å². The zero-order chi connectivity index (χ0) is 10.7. The average Bonchev–Trinajstić information content (AvgIpc) is 2.22. The zero-order valence-corrected chi connectivity index (χ0v) is 9.46. The van der Waals surface area contributed by atoms with Gasteiger partial charge in [-0.15, -0.1) is 0 Å². The van der Waals surface area contributed by atoms with Crippen molar-refractivity contribution in [1.82, 2.24) is 0 Å². The lowest BCUT2D eigenvalue weighted by molar-refractivity contribution is -0.124. The first-order valence-corrected chi connectivity index (χ1v) is 5.90. The van der Waals surface area contributed by atoms with Crippen molar-refractivity contribution in [2.24, 2.45) is 5.92 Å². The van der Waals surface area contributed by atoms with E-state index in [4.69, 9.17) is 11.6 Å². The molecule has 1 nitrogen and oxygen atoms in total. The molecule has 2 rings (SSSR count). The van der Waals surface area contributed by atoms with E-state index >= 15 is 0 Å². The summed E-state index contributed by atoms with van der Waals surface area (Å²) in [6.07, 6.45) is 4.94. The Hall–Kier alpha value is -0.820. The Balaban J connectivity index is 2.04. The highest BCUT2D eigenvalue weighted by atomic mass is 35.5. The van der Waals surface area contributed by atoms with Gasteiger partial charge in [0.2, 0.25) is 0 Å². The van der Waals surface area contributed by atoms with Gasteiger partial charge < -0.3 is 0 Å². The molecule has 0 bridgehead atoms. The van der Waals surface area contributed by atoms with Crippen LogP contribution in [0.3, 0.4) is 0 Å². The number of benzene rings is 1. The zero-order valence-electron chi connectivity index (χ0n) is 8.71. The Morgan fingerprint density at radius 3 is 2.93 bits per heavy atom. The minimum atomic E-state index is 0.234. The van der Waals surface area contributed by atoms with E-state index < -0.39 is 0 Å². The van der Waals surface area contributed by atoms with Crippen molar-refractivity contribution >= 4 is 17.4 Å². The van der Waals surface area contributed by atoms with Crippen molar-refractivity contribution in [1.29, 1.82) is 0 Å². The number of Topliss-reactive ketones (excluding diaryl/α,β-unsaturated/α-hetero) is 1. The van der Waals surface area contributed by atoms with Crippen molar-refractivity contribution in [2.45, 2.75) is 32.1 Å². The first-order valence-electron chi connectivity index (χ1n) is 5.53. The summed E-state index contributed by atoms with van der Waals surface area (Å²) in [4.78, 5) is 11.7. The molecule has 0 unspecified atom stereocenters. The van der Waals surface area contributed by atoms with E-state index in [9.17, 15) is 4.79 Å². The third kappa shape index (κ3) is 2.82. The number of carbonyl (C=O) groups excluding carboxylic acids is 1. The van der Waals surface area contributed by atoms with Crippen molar-refractivity contribution < 1.29 is 4.79 Å². The Morgan fingerprint density at radius 2 is 2.20 bits per heavy atom. The number of halogens is 1. The number of hydrogen-bond acceptors (Lipinski definition) is 1. The lowest BCUT2D eigenvalue weighted by Crippen LogP contribution is -2.20. The van der Waals surface area contributed by atoms with Crippen LogP contribution in [0.1, 0.15) is 31.2 Å². The highest BCUT2D eigenvalue weighted by Gasteiger charge is 2.22. The molecule has 0 N–H and O–H groups in total. The van der Waals surface area contributed by atoms with Gasteiger partial charge >= 0.3 is 0 Å². The maximum Gasteiger partial charge on any atom is 0.136 e. The molecule has 1 saturated carbocycles. The Bertz CT molecular complexity index is 359. The van der Waals surface area contributed by atoms with Gasteiger partial charge in [-0.25, -0.2) is 0 Å². The fraction of sp³-hybridized carbons (Fsp3) is 0.462. The van der Waals surface area contributed by atoms with Crippen LogP contribution in [0.15, 0.2) is 24.3 Å². The first-order chi connectivity index (χ1) is 7.25. The molecular weight excluding hydrogens is 208 g/mol. The molecule has 2 heteroatoms. The lowest BCUT2D eigenvalue weighted by Gasteiger charge is -2.20. The Labute approximate surface area is 95.4 Å². The van der Waals surface area contributed by atoms with Crippen LogP contribution >= 0.6 is 11.6 Å². The third-order valence-corrected chi connectivity index (χ3v) is 3.29. The van der Waals surface area contributed by atoms with E-state index in [2.05, 4.69) is 0 Å². The van der Waals surface area contributed by atoms with Crippen LogP contribution in [0.5, 0.6) is 0 Å². The molecule has 80 valence electrons. The first kappa shape index (κ1) is 10.7. The van der Waals surface area contributed by atoms with Crippen molar-refractivity contribution in [2.75, 3.05) is 0 Å². The highest BCUT2D eigenvalue weighted by molar-refractivity contribution is 6.30. The van der Waals surface area contributed by atoms with E-state index in [1.54, 1.807) is 0 Å². The van der Waals surface area contributed by atoms with Gasteiger partial charge in [-0.3, -0.25) is 4.79 Å². The smallest absolute Gasteiger partial charge is 0.136 e. The summed E-state index contributed by atoms with van der Waals surface area (Å²) in [5.41, 5.74) is 1.18. The third-order valence-electron chi connectivity index (χ3n) is 3.05. The molecule has 0 saturated heterocycles. The summed E-state index contributed by atoms with van der Waals surface area (Å²) in [5, 5.41) is 0.760.